The minimum absolute atomic E-state index is 0.114. The number of aromatic nitrogens is 2. The van der Waals surface area contributed by atoms with Gasteiger partial charge in [-0.25, -0.2) is 14.4 Å². The highest BCUT2D eigenvalue weighted by Gasteiger charge is 2.10. The molecular formula is C14H15FN4O2. The van der Waals surface area contributed by atoms with Crippen LogP contribution in [0, 0.1) is 5.82 Å². The van der Waals surface area contributed by atoms with E-state index < -0.39 is 11.7 Å². The Kier molecular flexibility index (Phi) is 4.65. The first-order valence-corrected chi connectivity index (χ1v) is 6.35. The molecule has 0 spiro atoms. The number of hydrogen-bond donors (Lipinski definition) is 2. The van der Waals surface area contributed by atoms with E-state index in [0.29, 0.717) is 18.1 Å². The molecule has 2 aromatic rings. The number of ether oxygens (including phenoxy) is 1. The summed E-state index contributed by atoms with van der Waals surface area (Å²) in [5.74, 6) is -0.314. The zero-order valence-corrected chi connectivity index (χ0v) is 11.7. The smallest absolute Gasteiger partial charge is 0.275 e. The lowest BCUT2D eigenvalue weighted by Crippen LogP contribution is -2.14. The molecule has 7 heteroatoms. The van der Waals surface area contributed by atoms with Crippen LogP contribution in [0.5, 0.6) is 5.75 Å². The van der Waals surface area contributed by atoms with Crippen LogP contribution in [-0.2, 0) is 0 Å². The lowest BCUT2D eigenvalue weighted by Gasteiger charge is -2.07. The van der Waals surface area contributed by atoms with Gasteiger partial charge >= 0.3 is 0 Å². The zero-order valence-electron chi connectivity index (χ0n) is 11.7. The Hall–Kier alpha value is -2.70. The van der Waals surface area contributed by atoms with Gasteiger partial charge in [-0.15, -0.1) is 0 Å². The number of nitrogens with one attached hydrogen (secondary N) is 2. The van der Waals surface area contributed by atoms with Gasteiger partial charge in [-0.3, -0.25) is 4.79 Å². The van der Waals surface area contributed by atoms with Gasteiger partial charge in [-0.2, -0.15) is 0 Å². The number of benzene rings is 1. The first-order valence-electron chi connectivity index (χ1n) is 6.35. The normalized spacial score (nSPS) is 10.0. The van der Waals surface area contributed by atoms with Crippen LogP contribution in [0.15, 0.2) is 30.6 Å². The van der Waals surface area contributed by atoms with Crippen LogP contribution in [0.2, 0.25) is 0 Å². The van der Waals surface area contributed by atoms with Crippen molar-refractivity contribution in [2.75, 3.05) is 24.3 Å². The predicted molar refractivity (Wildman–Crippen MR) is 77.1 cm³/mol. The minimum Gasteiger partial charge on any atom is -0.494 e. The summed E-state index contributed by atoms with van der Waals surface area (Å²) >= 11 is 0. The number of rotatable bonds is 5. The Balaban J connectivity index is 2.08. The molecule has 0 aliphatic carbocycles. The largest absolute Gasteiger partial charge is 0.494 e. The maximum atomic E-state index is 13.5. The molecule has 0 atom stereocenters. The molecule has 1 aromatic heterocycles. The standard InChI is InChI=1S/C14H15FN4O2/c1-3-16-13-8-17-11(7-18-13)14(20)19-9-4-5-12(21-2)10(15)6-9/h4-8H,3H2,1-2H3,(H,16,18)(H,19,20). The van der Waals surface area contributed by atoms with Crippen LogP contribution in [-0.4, -0.2) is 29.5 Å². The Morgan fingerprint density at radius 3 is 2.71 bits per heavy atom. The molecule has 0 unspecified atom stereocenters. The van der Waals surface area contributed by atoms with Crippen LogP contribution >= 0.6 is 0 Å². The number of anilines is 2. The van der Waals surface area contributed by atoms with Crippen molar-refractivity contribution >= 4 is 17.4 Å². The van der Waals surface area contributed by atoms with E-state index in [1.54, 1.807) is 6.07 Å². The summed E-state index contributed by atoms with van der Waals surface area (Å²) in [7, 11) is 1.37. The summed E-state index contributed by atoms with van der Waals surface area (Å²) in [4.78, 5) is 20.0. The molecule has 21 heavy (non-hydrogen) atoms. The second-order valence-corrected chi connectivity index (χ2v) is 4.12. The fraction of sp³-hybridized carbons (Fsp3) is 0.214. The van der Waals surface area contributed by atoms with Crippen molar-refractivity contribution in [2.45, 2.75) is 6.92 Å². The van der Waals surface area contributed by atoms with Crippen molar-refractivity contribution in [2.24, 2.45) is 0 Å². The van der Waals surface area contributed by atoms with Crippen LogP contribution in [0.4, 0.5) is 15.9 Å². The van der Waals surface area contributed by atoms with Crippen LogP contribution < -0.4 is 15.4 Å². The molecular weight excluding hydrogens is 275 g/mol. The van der Waals surface area contributed by atoms with Crippen molar-refractivity contribution in [1.82, 2.24) is 9.97 Å². The minimum atomic E-state index is -0.552. The lowest BCUT2D eigenvalue weighted by molar-refractivity contribution is 0.102. The number of nitrogens with zero attached hydrogens (tertiary/aromatic N) is 2. The van der Waals surface area contributed by atoms with E-state index in [1.807, 2.05) is 6.92 Å². The highest BCUT2D eigenvalue weighted by atomic mass is 19.1. The summed E-state index contributed by atoms with van der Waals surface area (Å²) in [5.41, 5.74) is 0.462. The SMILES string of the molecule is CCNc1cnc(C(=O)Nc2ccc(OC)c(F)c2)cn1. The van der Waals surface area contributed by atoms with E-state index in [0.717, 1.165) is 0 Å². The van der Waals surface area contributed by atoms with Crippen molar-refractivity contribution in [3.05, 3.63) is 42.1 Å². The fourth-order valence-corrected chi connectivity index (χ4v) is 1.66. The van der Waals surface area contributed by atoms with Crippen LogP contribution in [0.25, 0.3) is 0 Å². The number of hydrogen-bond acceptors (Lipinski definition) is 5. The third-order valence-electron chi connectivity index (χ3n) is 2.65. The Labute approximate surface area is 121 Å². The third-order valence-corrected chi connectivity index (χ3v) is 2.65. The average molecular weight is 290 g/mol. The van der Waals surface area contributed by atoms with E-state index in [4.69, 9.17) is 4.74 Å². The second-order valence-electron chi connectivity index (χ2n) is 4.12. The van der Waals surface area contributed by atoms with E-state index in [9.17, 15) is 9.18 Å². The van der Waals surface area contributed by atoms with Crippen LogP contribution in [0.1, 0.15) is 17.4 Å². The molecule has 0 saturated carbocycles. The highest BCUT2D eigenvalue weighted by molar-refractivity contribution is 6.02. The molecule has 1 aromatic carbocycles. The van der Waals surface area contributed by atoms with Crippen molar-refractivity contribution < 1.29 is 13.9 Å². The first kappa shape index (κ1) is 14.7. The summed E-state index contributed by atoms with van der Waals surface area (Å²) in [5, 5.41) is 5.52. The molecule has 1 heterocycles. The molecule has 0 fully saturated rings. The molecule has 110 valence electrons. The van der Waals surface area contributed by atoms with E-state index in [1.165, 1.54) is 31.6 Å². The molecule has 0 bridgehead atoms. The van der Waals surface area contributed by atoms with Gasteiger partial charge < -0.3 is 15.4 Å². The fourth-order valence-electron chi connectivity index (χ4n) is 1.66. The summed E-state index contributed by atoms with van der Waals surface area (Å²) in [6.07, 6.45) is 2.82. The molecule has 6 nitrogen and oxygen atoms in total. The van der Waals surface area contributed by atoms with E-state index in [-0.39, 0.29) is 11.4 Å². The summed E-state index contributed by atoms with van der Waals surface area (Å²) < 4.78 is 18.3. The highest BCUT2D eigenvalue weighted by Crippen LogP contribution is 2.20. The Bertz CT molecular complexity index is 631. The van der Waals surface area contributed by atoms with Gasteiger partial charge in [-0.05, 0) is 19.1 Å². The van der Waals surface area contributed by atoms with Crippen molar-refractivity contribution in [3.63, 3.8) is 0 Å². The van der Waals surface area contributed by atoms with Crippen molar-refractivity contribution in [3.8, 4) is 5.75 Å². The van der Waals surface area contributed by atoms with Crippen molar-refractivity contribution in [1.29, 1.82) is 0 Å². The maximum absolute atomic E-state index is 13.5. The number of carbonyl (C=O) groups excluding carboxylic acids is 1. The molecule has 2 N–H and O–H groups in total. The molecule has 0 aliphatic heterocycles. The first-order chi connectivity index (χ1) is 10.1. The predicted octanol–water partition coefficient (Wildman–Crippen LogP) is 2.31. The van der Waals surface area contributed by atoms with Crippen LogP contribution in [0.3, 0.4) is 0 Å². The number of amides is 1. The molecule has 0 saturated heterocycles. The monoisotopic (exact) mass is 290 g/mol. The Morgan fingerprint density at radius 1 is 1.33 bits per heavy atom. The second kappa shape index (κ2) is 6.65. The maximum Gasteiger partial charge on any atom is 0.275 e. The van der Waals surface area contributed by atoms with E-state index in [2.05, 4.69) is 20.6 Å². The number of carbonyl (C=O) groups is 1. The van der Waals surface area contributed by atoms with Gasteiger partial charge in [0.2, 0.25) is 0 Å². The Morgan fingerprint density at radius 2 is 2.14 bits per heavy atom. The molecule has 1 amide bonds. The number of halogens is 1. The third kappa shape index (κ3) is 3.65. The van der Waals surface area contributed by atoms with Gasteiger partial charge in [0.15, 0.2) is 11.6 Å². The summed E-state index contributed by atoms with van der Waals surface area (Å²) in [6, 6.07) is 4.16. The summed E-state index contributed by atoms with van der Waals surface area (Å²) in [6.45, 7) is 2.64. The molecule has 2 rings (SSSR count). The van der Waals surface area contributed by atoms with Gasteiger partial charge in [0.25, 0.3) is 5.91 Å². The van der Waals surface area contributed by atoms with Gasteiger partial charge in [0.05, 0.1) is 19.5 Å². The van der Waals surface area contributed by atoms with Gasteiger partial charge in [-0.1, -0.05) is 0 Å². The lowest BCUT2D eigenvalue weighted by atomic mass is 10.2. The quantitative estimate of drug-likeness (QED) is 0.883. The zero-order chi connectivity index (χ0) is 15.2. The number of methoxy groups -OCH3 is 1. The van der Waals surface area contributed by atoms with Gasteiger partial charge in [0, 0.05) is 18.3 Å². The topological polar surface area (TPSA) is 76.1 Å². The van der Waals surface area contributed by atoms with Gasteiger partial charge in [0.1, 0.15) is 11.5 Å². The average Bonchev–Trinajstić information content (AvgIpc) is 2.48. The molecule has 0 radical (unpaired) electrons. The van der Waals surface area contributed by atoms with E-state index >= 15 is 0 Å². The molecule has 0 aliphatic rings.